The van der Waals surface area contributed by atoms with Gasteiger partial charge in [-0.15, -0.1) is 0 Å². The van der Waals surface area contributed by atoms with Crippen molar-refractivity contribution in [2.45, 2.75) is 27.2 Å². The van der Waals surface area contributed by atoms with Gasteiger partial charge in [0.25, 0.3) is 0 Å². The Bertz CT molecular complexity index is 823. The third kappa shape index (κ3) is 2.80. The number of rotatable bonds is 3. The molecule has 0 bridgehead atoms. The van der Waals surface area contributed by atoms with E-state index in [1.54, 1.807) is 0 Å². The molecule has 0 atom stereocenters. The van der Waals surface area contributed by atoms with Crippen LogP contribution in [0.4, 0.5) is 0 Å². The Morgan fingerprint density at radius 3 is 2.50 bits per heavy atom. The highest BCUT2D eigenvalue weighted by Gasteiger charge is 2.09. The van der Waals surface area contributed by atoms with Crippen LogP contribution in [0.3, 0.4) is 0 Å². The maximum atomic E-state index is 4.51. The molecule has 3 rings (SSSR count). The van der Waals surface area contributed by atoms with Crippen LogP contribution in [-0.4, -0.2) is 4.98 Å². The molecule has 0 aliphatic heterocycles. The van der Waals surface area contributed by atoms with E-state index in [2.05, 4.69) is 74.3 Å². The summed E-state index contributed by atoms with van der Waals surface area (Å²) >= 11 is 0. The molecule has 1 nitrogen and oxygen atoms in total. The van der Waals surface area contributed by atoms with Crippen LogP contribution in [0.1, 0.15) is 30.0 Å². The highest BCUT2D eigenvalue weighted by molar-refractivity contribution is 5.99. The molecule has 0 unspecified atom stereocenters. The van der Waals surface area contributed by atoms with Crippen LogP contribution in [0.2, 0.25) is 0 Å². The Kier molecular flexibility index (Phi) is 4.06. The first kappa shape index (κ1) is 14.5. The molecule has 110 valence electrons. The van der Waals surface area contributed by atoms with Gasteiger partial charge < -0.3 is 0 Å². The number of aryl methyl sites for hydroxylation is 2. The zero-order chi connectivity index (χ0) is 15.5. The lowest BCUT2D eigenvalue weighted by molar-refractivity contribution is 1.23. The summed E-state index contributed by atoms with van der Waals surface area (Å²) in [5.74, 6) is 0. The Hall–Kier alpha value is -2.41. The van der Waals surface area contributed by atoms with E-state index in [0.29, 0.717) is 0 Å². The number of pyridine rings is 1. The predicted molar refractivity (Wildman–Crippen MR) is 96.0 cm³/mol. The van der Waals surface area contributed by atoms with Crippen LogP contribution in [0.5, 0.6) is 0 Å². The molecule has 2 aromatic carbocycles. The Morgan fingerprint density at radius 2 is 1.77 bits per heavy atom. The molecule has 0 aliphatic rings. The minimum absolute atomic E-state index is 1.04. The van der Waals surface area contributed by atoms with Gasteiger partial charge in [0.1, 0.15) is 0 Å². The lowest BCUT2D eigenvalue weighted by Gasteiger charge is -2.12. The minimum Gasteiger partial charge on any atom is -0.256 e. The van der Waals surface area contributed by atoms with Gasteiger partial charge in [0.15, 0.2) is 0 Å². The van der Waals surface area contributed by atoms with Crippen molar-refractivity contribution in [1.29, 1.82) is 0 Å². The maximum absolute atomic E-state index is 4.51. The number of nitrogens with zero attached hydrogens (tertiary/aromatic N) is 1. The molecular weight excluding hydrogens is 266 g/mol. The van der Waals surface area contributed by atoms with Crippen molar-refractivity contribution in [2.24, 2.45) is 0 Å². The second-order valence-electron chi connectivity index (χ2n) is 5.79. The first-order valence-electron chi connectivity index (χ1n) is 7.82. The molecule has 0 saturated heterocycles. The van der Waals surface area contributed by atoms with E-state index in [0.717, 1.165) is 11.9 Å². The molecule has 0 aliphatic carbocycles. The third-order valence-corrected chi connectivity index (χ3v) is 3.86. The molecule has 0 saturated carbocycles. The van der Waals surface area contributed by atoms with Crippen molar-refractivity contribution < 1.29 is 0 Å². The van der Waals surface area contributed by atoms with Crippen molar-refractivity contribution in [1.82, 2.24) is 4.98 Å². The number of benzene rings is 2. The first-order valence-corrected chi connectivity index (χ1v) is 7.82. The summed E-state index contributed by atoms with van der Waals surface area (Å²) in [6, 6.07) is 15.2. The summed E-state index contributed by atoms with van der Waals surface area (Å²) in [5.41, 5.74) is 7.44. The number of allylic oxidation sites excluding steroid dienone is 1. The van der Waals surface area contributed by atoms with Crippen molar-refractivity contribution in [2.75, 3.05) is 0 Å². The van der Waals surface area contributed by atoms with Crippen molar-refractivity contribution in [3.8, 4) is 11.1 Å². The van der Waals surface area contributed by atoms with E-state index in [4.69, 9.17) is 0 Å². The lowest BCUT2D eigenvalue weighted by atomic mass is 9.92. The van der Waals surface area contributed by atoms with Gasteiger partial charge in [0.05, 0.1) is 5.52 Å². The Morgan fingerprint density at radius 1 is 1.00 bits per heavy atom. The molecule has 1 heterocycles. The molecule has 0 amide bonds. The average molecular weight is 287 g/mol. The Labute approximate surface area is 132 Å². The Balaban J connectivity index is 2.35. The second kappa shape index (κ2) is 6.15. The van der Waals surface area contributed by atoms with Gasteiger partial charge in [-0.1, -0.05) is 60.5 Å². The van der Waals surface area contributed by atoms with E-state index in [-0.39, 0.29) is 0 Å². The molecule has 0 fully saturated rings. The fourth-order valence-corrected chi connectivity index (χ4v) is 2.99. The zero-order valence-corrected chi connectivity index (χ0v) is 13.4. The lowest BCUT2D eigenvalue weighted by Crippen LogP contribution is -1.90. The fourth-order valence-electron chi connectivity index (χ4n) is 2.99. The highest BCUT2D eigenvalue weighted by Crippen LogP contribution is 2.33. The van der Waals surface area contributed by atoms with Crippen LogP contribution < -0.4 is 0 Å². The number of fused-ring (bicyclic) bond motifs is 1. The monoisotopic (exact) mass is 287 g/mol. The van der Waals surface area contributed by atoms with E-state index < -0.39 is 0 Å². The van der Waals surface area contributed by atoms with Gasteiger partial charge in [-0.2, -0.15) is 0 Å². The van der Waals surface area contributed by atoms with Crippen LogP contribution in [-0.2, 0) is 0 Å². The molecule has 22 heavy (non-hydrogen) atoms. The number of hydrogen-bond acceptors (Lipinski definition) is 1. The van der Waals surface area contributed by atoms with Crippen molar-refractivity contribution in [3.63, 3.8) is 0 Å². The summed E-state index contributed by atoms with van der Waals surface area (Å²) in [7, 11) is 0. The standard InChI is InChI=1S/C21H21N/c1-4-5-7-17-9-10-20-19(8-6-11-22-20)21(17)18-13-15(2)12-16(3)14-18/h5-14H,4H2,1-3H3/b7-5+. The molecule has 0 radical (unpaired) electrons. The van der Waals surface area contributed by atoms with Gasteiger partial charge >= 0.3 is 0 Å². The molecular formula is C21H21N. The topological polar surface area (TPSA) is 12.9 Å². The smallest absolute Gasteiger partial charge is 0.0708 e. The van der Waals surface area contributed by atoms with E-state index in [1.807, 2.05) is 12.3 Å². The van der Waals surface area contributed by atoms with Crippen molar-refractivity contribution >= 4 is 17.0 Å². The van der Waals surface area contributed by atoms with Crippen molar-refractivity contribution in [3.05, 3.63) is 71.4 Å². The first-order chi connectivity index (χ1) is 10.7. The average Bonchev–Trinajstić information content (AvgIpc) is 2.51. The highest BCUT2D eigenvalue weighted by atomic mass is 14.6. The van der Waals surface area contributed by atoms with E-state index in [9.17, 15) is 0 Å². The molecule has 3 aromatic rings. The van der Waals surface area contributed by atoms with E-state index in [1.165, 1.54) is 33.2 Å². The SMILES string of the molecule is CC/C=C/c1ccc2ncccc2c1-c1cc(C)cc(C)c1. The fraction of sp³-hybridized carbons (Fsp3) is 0.190. The zero-order valence-electron chi connectivity index (χ0n) is 13.4. The van der Waals surface area contributed by atoms with Gasteiger partial charge in [-0.25, -0.2) is 0 Å². The summed E-state index contributed by atoms with van der Waals surface area (Å²) in [6.07, 6.45) is 7.33. The van der Waals surface area contributed by atoms with Crippen LogP contribution in [0.15, 0.2) is 54.7 Å². The van der Waals surface area contributed by atoms with Crippen LogP contribution in [0, 0.1) is 13.8 Å². The van der Waals surface area contributed by atoms with Gasteiger partial charge in [-0.3, -0.25) is 4.98 Å². The van der Waals surface area contributed by atoms with Crippen LogP contribution in [0.25, 0.3) is 28.1 Å². The molecule has 1 aromatic heterocycles. The van der Waals surface area contributed by atoms with Gasteiger partial charge in [0.2, 0.25) is 0 Å². The minimum atomic E-state index is 1.04. The number of hydrogen-bond donors (Lipinski definition) is 0. The van der Waals surface area contributed by atoms with Crippen LogP contribution >= 0.6 is 0 Å². The van der Waals surface area contributed by atoms with Gasteiger partial charge in [-0.05, 0) is 49.1 Å². The summed E-state index contributed by atoms with van der Waals surface area (Å²) in [6.45, 7) is 6.47. The maximum Gasteiger partial charge on any atom is 0.0708 e. The molecule has 0 N–H and O–H groups in total. The third-order valence-electron chi connectivity index (χ3n) is 3.86. The normalized spacial score (nSPS) is 11.4. The number of aromatic nitrogens is 1. The second-order valence-corrected chi connectivity index (χ2v) is 5.79. The largest absolute Gasteiger partial charge is 0.256 e. The summed E-state index contributed by atoms with van der Waals surface area (Å²) in [5, 5.41) is 1.21. The molecule has 0 spiro atoms. The summed E-state index contributed by atoms with van der Waals surface area (Å²) in [4.78, 5) is 4.51. The van der Waals surface area contributed by atoms with E-state index >= 15 is 0 Å². The van der Waals surface area contributed by atoms with Gasteiger partial charge in [0, 0.05) is 11.6 Å². The predicted octanol–water partition coefficient (Wildman–Crippen LogP) is 5.94. The summed E-state index contributed by atoms with van der Waals surface area (Å²) < 4.78 is 0. The molecule has 1 heteroatoms. The quantitative estimate of drug-likeness (QED) is 0.580.